The van der Waals surface area contributed by atoms with Gasteiger partial charge in [0.2, 0.25) is 5.88 Å². The lowest BCUT2D eigenvalue weighted by Gasteiger charge is -2.03. The van der Waals surface area contributed by atoms with E-state index in [0.717, 1.165) is 5.69 Å². The highest BCUT2D eigenvalue weighted by Gasteiger charge is 2.16. The third-order valence-corrected chi connectivity index (χ3v) is 3.17. The Kier molecular flexibility index (Phi) is 3.99. The molecule has 1 heterocycles. The number of anilines is 1. The van der Waals surface area contributed by atoms with Crippen LogP contribution in [-0.2, 0) is 0 Å². The summed E-state index contributed by atoms with van der Waals surface area (Å²) >= 11 is 3.03. The molecule has 1 aromatic heterocycles. The van der Waals surface area contributed by atoms with Gasteiger partial charge in [-0.05, 0) is 34.0 Å². The average Bonchev–Trinajstić information content (AvgIpc) is 2.81. The van der Waals surface area contributed by atoms with Crippen LogP contribution >= 0.6 is 15.9 Å². The number of amides is 1. The van der Waals surface area contributed by atoms with Crippen LogP contribution in [0, 0.1) is 5.82 Å². The van der Waals surface area contributed by atoms with Crippen molar-refractivity contribution < 1.29 is 13.7 Å². The first-order valence-corrected chi connectivity index (χ1v) is 6.50. The third kappa shape index (κ3) is 3.01. The second-order valence-corrected chi connectivity index (χ2v) is 5.18. The Balaban J connectivity index is 2.18. The molecule has 4 nitrogen and oxygen atoms in total. The van der Waals surface area contributed by atoms with Crippen molar-refractivity contribution in [2.45, 2.75) is 19.8 Å². The van der Waals surface area contributed by atoms with E-state index in [9.17, 15) is 9.18 Å². The summed E-state index contributed by atoms with van der Waals surface area (Å²) in [5.74, 6) is -0.793. The molecular weight excluding hydrogens is 315 g/mol. The van der Waals surface area contributed by atoms with Crippen molar-refractivity contribution in [1.29, 1.82) is 0 Å². The van der Waals surface area contributed by atoms with Gasteiger partial charge in [0.15, 0.2) is 0 Å². The van der Waals surface area contributed by atoms with Crippen LogP contribution in [0.25, 0.3) is 0 Å². The number of hydrogen-bond acceptors (Lipinski definition) is 3. The van der Waals surface area contributed by atoms with Crippen molar-refractivity contribution >= 4 is 27.7 Å². The Morgan fingerprint density at radius 3 is 2.84 bits per heavy atom. The molecule has 0 radical (unpaired) electrons. The van der Waals surface area contributed by atoms with E-state index in [1.807, 2.05) is 13.8 Å². The van der Waals surface area contributed by atoms with Crippen LogP contribution in [0.5, 0.6) is 0 Å². The molecule has 0 bridgehead atoms. The molecule has 0 saturated heterocycles. The summed E-state index contributed by atoms with van der Waals surface area (Å²) in [6.07, 6.45) is 0. The Labute approximate surface area is 118 Å². The fourth-order valence-electron chi connectivity index (χ4n) is 1.48. The lowest BCUT2D eigenvalue weighted by Crippen LogP contribution is -2.13. The maximum absolute atomic E-state index is 13.7. The third-order valence-electron chi connectivity index (χ3n) is 2.55. The first-order valence-electron chi connectivity index (χ1n) is 5.71. The number of carbonyl (C=O) groups is 1. The zero-order valence-electron chi connectivity index (χ0n) is 10.4. The fourth-order valence-corrected chi connectivity index (χ4v) is 1.84. The number of rotatable bonds is 3. The van der Waals surface area contributed by atoms with Gasteiger partial charge in [-0.15, -0.1) is 0 Å². The molecule has 0 aliphatic heterocycles. The molecule has 0 atom stereocenters. The summed E-state index contributed by atoms with van der Waals surface area (Å²) in [6, 6.07) is 6.13. The van der Waals surface area contributed by atoms with Crippen LogP contribution in [0.1, 0.15) is 35.8 Å². The lowest BCUT2D eigenvalue weighted by molar-refractivity contribution is 0.102. The minimum absolute atomic E-state index is 0.0585. The van der Waals surface area contributed by atoms with Gasteiger partial charge < -0.3 is 4.52 Å². The van der Waals surface area contributed by atoms with E-state index in [-0.39, 0.29) is 21.8 Å². The SMILES string of the molecule is CC(C)c1cc(NC(=O)c2cccc(Br)c2F)on1. The summed E-state index contributed by atoms with van der Waals surface area (Å²) in [5.41, 5.74) is 0.668. The van der Waals surface area contributed by atoms with Crippen LogP contribution in [0.4, 0.5) is 10.3 Å². The summed E-state index contributed by atoms with van der Waals surface area (Å²) < 4.78 is 18.9. The van der Waals surface area contributed by atoms with Gasteiger partial charge in [-0.2, -0.15) is 0 Å². The summed E-state index contributed by atoms with van der Waals surface area (Å²) in [6.45, 7) is 3.91. The molecule has 2 rings (SSSR count). The van der Waals surface area contributed by atoms with E-state index in [1.165, 1.54) is 12.1 Å². The highest BCUT2D eigenvalue weighted by molar-refractivity contribution is 9.10. The molecule has 0 fully saturated rings. The summed E-state index contributed by atoms with van der Waals surface area (Å²) in [5, 5.41) is 6.28. The monoisotopic (exact) mass is 326 g/mol. The Morgan fingerprint density at radius 2 is 2.21 bits per heavy atom. The standard InChI is InChI=1S/C13H12BrFN2O2/c1-7(2)10-6-11(19-17-10)16-13(18)8-4-3-5-9(14)12(8)15/h3-7H,1-2H3,(H,16,18). The van der Waals surface area contributed by atoms with Crippen LogP contribution in [0.3, 0.4) is 0 Å². The quantitative estimate of drug-likeness (QED) is 0.929. The molecular formula is C13H12BrFN2O2. The van der Waals surface area contributed by atoms with E-state index in [4.69, 9.17) is 4.52 Å². The zero-order valence-corrected chi connectivity index (χ0v) is 12.0. The maximum Gasteiger partial charge on any atom is 0.261 e. The first-order chi connectivity index (χ1) is 8.99. The van der Waals surface area contributed by atoms with E-state index in [0.29, 0.717) is 0 Å². The van der Waals surface area contributed by atoms with Gasteiger partial charge in [0, 0.05) is 6.07 Å². The molecule has 0 aliphatic rings. The van der Waals surface area contributed by atoms with Crippen molar-refractivity contribution in [2.24, 2.45) is 0 Å². The number of halogens is 2. The average molecular weight is 327 g/mol. The fraction of sp³-hybridized carbons (Fsp3) is 0.231. The van der Waals surface area contributed by atoms with Crippen LogP contribution in [0.15, 0.2) is 33.3 Å². The summed E-state index contributed by atoms with van der Waals surface area (Å²) in [4.78, 5) is 11.9. The molecule has 1 aromatic carbocycles. The molecule has 0 aliphatic carbocycles. The molecule has 0 unspecified atom stereocenters. The Bertz CT molecular complexity index is 610. The van der Waals surface area contributed by atoms with Crippen LogP contribution < -0.4 is 5.32 Å². The first kappa shape index (κ1) is 13.7. The molecule has 2 aromatic rings. The molecule has 1 N–H and O–H groups in total. The van der Waals surface area contributed by atoms with Crippen molar-refractivity contribution in [2.75, 3.05) is 5.32 Å². The molecule has 19 heavy (non-hydrogen) atoms. The summed E-state index contributed by atoms with van der Waals surface area (Å²) in [7, 11) is 0. The minimum atomic E-state index is -0.608. The molecule has 1 amide bonds. The van der Waals surface area contributed by atoms with E-state index in [1.54, 1.807) is 12.1 Å². The van der Waals surface area contributed by atoms with Gasteiger partial charge >= 0.3 is 0 Å². The number of nitrogens with one attached hydrogen (secondary N) is 1. The number of carbonyl (C=O) groups excluding carboxylic acids is 1. The van der Waals surface area contributed by atoms with E-state index < -0.39 is 11.7 Å². The van der Waals surface area contributed by atoms with Crippen molar-refractivity contribution in [1.82, 2.24) is 5.16 Å². The normalized spacial score (nSPS) is 10.8. The molecule has 0 saturated carbocycles. The van der Waals surface area contributed by atoms with Gasteiger partial charge in [-0.3, -0.25) is 10.1 Å². The van der Waals surface area contributed by atoms with Gasteiger partial charge in [0.05, 0.1) is 15.7 Å². The molecule has 0 spiro atoms. The van der Waals surface area contributed by atoms with Gasteiger partial charge in [-0.1, -0.05) is 25.1 Å². The second-order valence-electron chi connectivity index (χ2n) is 4.33. The number of hydrogen-bond donors (Lipinski definition) is 1. The van der Waals surface area contributed by atoms with Gasteiger partial charge in [0.25, 0.3) is 5.91 Å². The van der Waals surface area contributed by atoms with Crippen molar-refractivity contribution in [3.05, 3.63) is 45.8 Å². The number of aromatic nitrogens is 1. The number of benzene rings is 1. The van der Waals surface area contributed by atoms with Crippen molar-refractivity contribution in [3.63, 3.8) is 0 Å². The zero-order chi connectivity index (χ0) is 14.0. The molecule has 6 heteroatoms. The van der Waals surface area contributed by atoms with Gasteiger partial charge in [0.1, 0.15) is 5.82 Å². The predicted molar refractivity (Wildman–Crippen MR) is 72.6 cm³/mol. The van der Waals surface area contributed by atoms with Crippen molar-refractivity contribution in [3.8, 4) is 0 Å². The largest absolute Gasteiger partial charge is 0.338 e. The Hall–Kier alpha value is -1.69. The van der Waals surface area contributed by atoms with Crippen LogP contribution in [-0.4, -0.2) is 11.1 Å². The number of nitrogens with zero attached hydrogens (tertiary/aromatic N) is 1. The smallest absolute Gasteiger partial charge is 0.261 e. The maximum atomic E-state index is 13.7. The topological polar surface area (TPSA) is 55.1 Å². The van der Waals surface area contributed by atoms with Gasteiger partial charge in [-0.25, -0.2) is 4.39 Å². The predicted octanol–water partition coefficient (Wildman–Crippen LogP) is 3.95. The highest BCUT2D eigenvalue weighted by Crippen LogP contribution is 2.21. The van der Waals surface area contributed by atoms with E-state index >= 15 is 0 Å². The molecule has 100 valence electrons. The van der Waals surface area contributed by atoms with E-state index in [2.05, 4.69) is 26.4 Å². The highest BCUT2D eigenvalue weighted by atomic mass is 79.9. The minimum Gasteiger partial charge on any atom is -0.338 e. The van der Waals surface area contributed by atoms with Crippen LogP contribution in [0.2, 0.25) is 0 Å². The Morgan fingerprint density at radius 1 is 1.47 bits per heavy atom. The lowest BCUT2D eigenvalue weighted by atomic mass is 10.1. The second kappa shape index (κ2) is 5.52.